The van der Waals surface area contributed by atoms with Crippen LogP contribution >= 0.6 is 11.8 Å². The maximum atomic E-state index is 13.2. The van der Waals surface area contributed by atoms with Gasteiger partial charge in [0, 0.05) is 17.1 Å². The van der Waals surface area contributed by atoms with Gasteiger partial charge in [-0.05, 0) is 62.4 Å². The molecule has 0 unspecified atom stereocenters. The molecule has 150 valence electrons. The van der Waals surface area contributed by atoms with E-state index in [0.29, 0.717) is 29.9 Å². The van der Waals surface area contributed by atoms with Gasteiger partial charge in [0.25, 0.3) is 5.91 Å². The van der Waals surface area contributed by atoms with Crippen LogP contribution < -0.4 is 10.2 Å². The van der Waals surface area contributed by atoms with E-state index in [0.717, 1.165) is 16.9 Å². The lowest BCUT2D eigenvalue weighted by molar-refractivity contribution is -0.124. The van der Waals surface area contributed by atoms with E-state index >= 15 is 0 Å². The van der Waals surface area contributed by atoms with Gasteiger partial charge in [0.15, 0.2) is 0 Å². The lowest BCUT2D eigenvalue weighted by atomic mass is 10.1. The van der Waals surface area contributed by atoms with Gasteiger partial charge in [-0.3, -0.25) is 14.4 Å². The molecule has 2 aromatic carbocycles. The molecule has 0 saturated carbocycles. The highest BCUT2D eigenvalue weighted by Crippen LogP contribution is 2.33. The Morgan fingerprint density at radius 3 is 2.66 bits per heavy atom. The first kappa shape index (κ1) is 19.5. The summed E-state index contributed by atoms with van der Waals surface area (Å²) in [5.74, 6) is -0.609. The third-order valence-corrected chi connectivity index (χ3v) is 6.16. The van der Waals surface area contributed by atoms with Gasteiger partial charge < -0.3 is 15.1 Å². The Bertz CT molecular complexity index is 974. The number of rotatable bonds is 4. The van der Waals surface area contributed by atoms with Crippen molar-refractivity contribution in [3.05, 3.63) is 53.6 Å². The number of benzene rings is 2. The van der Waals surface area contributed by atoms with Crippen molar-refractivity contribution in [1.29, 1.82) is 0 Å². The zero-order valence-electron chi connectivity index (χ0n) is 16.5. The summed E-state index contributed by atoms with van der Waals surface area (Å²) in [4.78, 5) is 43.2. The van der Waals surface area contributed by atoms with Crippen molar-refractivity contribution in [2.75, 3.05) is 29.6 Å². The molecule has 2 aliphatic rings. The summed E-state index contributed by atoms with van der Waals surface area (Å²) in [7, 11) is 0. The Labute approximate surface area is 174 Å². The lowest BCUT2D eigenvalue weighted by Gasteiger charge is -2.25. The molecule has 0 aliphatic carbocycles. The van der Waals surface area contributed by atoms with E-state index in [-0.39, 0.29) is 24.3 Å². The van der Waals surface area contributed by atoms with Crippen molar-refractivity contribution >= 4 is 40.9 Å². The number of nitrogens with one attached hydrogen (secondary N) is 1. The zero-order chi connectivity index (χ0) is 20.5. The summed E-state index contributed by atoms with van der Waals surface area (Å²) < 4.78 is 0. The highest BCUT2D eigenvalue weighted by molar-refractivity contribution is 7.98. The minimum atomic E-state index is -0.496. The predicted octanol–water partition coefficient (Wildman–Crippen LogP) is 3.31. The van der Waals surface area contributed by atoms with Crippen LogP contribution in [0.4, 0.5) is 11.4 Å². The number of fused-ring (bicyclic) bond motifs is 2. The molecule has 2 aromatic rings. The number of hydrogen-bond donors (Lipinski definition) is 1. The highest BCUT2D eigenvalue weighted by atomic mass is 32.2. The molecule has 2 heterocycles. The molecule has 6 nitrogen and oxygen atoms in total. The van der Waals surface area contributed by atoms with Gasteiger partial charge in [0.1, 0.15) is 12.6 Å². The normalized spacial score (nSPS) is 18.3. The van der Waals surface area contributed by atoms with E-state index in [2.05, 4.69) is 5.32 Å². The average molecular weight is 410 g/mol. The van der Waals surface area contributed by atoms with Crippen LogP contribution in [0.5, 0.6) is 0 Å². The first-order valence-electron chi connectivity index (χ1n) is 9.65. The van der Waals surface area contributed by atoms with E-state index in [9.17, 15) is 14.4 Å². The number of aryl methyl sites for hydroxylation is 1. The topological polar surface area (TPSA) is 69.7 Å². The van der Waals surface area contributed by atoms with Crippen LogP contribution in [-0.4, -0.2) is 48.0 Å². The van der Waals surface area contributed by atoms with Crippen molar-refractivity contribution in [2.24, 2.45) is 0 Å². The minimum absolute atomic E-state index is 0.128. The monoisotopic (exact) mass is 409 g/mol. The van der Waals surface area contributed by atoms with E-state index in [1.54, 1.807) is 28.8 Å². The number of carbonyl (C=O) groups is 3. The summed E-state index contributed by atoms with van der Waals surface area (Å²) in [6.45, 7) is 2.36. The Morgan fingerprint density at radius 2 is 1.93 bits per heavy atom. The number of nitrogens with zero attached hydrogens (tertiary/aromatic N) is 2. The fraction of sp³-hybridized carbons (Fsp3) is 0.318. The van der Waals surface area contributed by atoms with Gasteiger partial charge >= 0.3 is 0 Å². The van der Waals surface area contributed by atoms with Crippen molar-refractivity contribution in [1.82, 2.24) is 4.90 Å². The number of amides is 3. The van der Waals surface area contributed by atoms with Crippen molar-refractivity contribution < 1.29 is 14.4 Å². The van der Waals surface area contributed by atoms with Gasteiger partial charge in [0.2, 0.25) is 11.8 Å². The summed E-state index contributed by atoms with van der Waals surface area (Å²) in [6.07, 6.45) is 3.42. The second-order valence-corrected chi connectivity index (χ2v) is 8.26. The summed E-state index contributed by atoms with van der Waals surface area (Å²) >= 11 is 1.63. The van der Waals surface area contributed by atoms with E-state index < -0.39 is 6.04 Å². The Morgan fingerprint density at radius 1 is 1.17 bits per heavy atom. The third-order valence-electron chi connectivity index (χ3n) is 5.41. The number of carbonyl (C=O) groups excluding carboxylic acids is 3. The van der Waals surface area contributed by atoms with Gasteiger partial charge in [-0.25, -0.2) is 0 Å². The van der Waals surface area contributed by atoms with Gasteiger partial charge in [0.05, 0.1) is 11.3 Å². The fourth-order valence-electron chi connectivity index (χ4n) is 3.96. The number of anilines is 2. The molecule has 29 heavy (non-hydrogen) atoms. The van der Waals surface area contributed by atoms with E-state index in [1.807, 2.05) is 43.5 Å². The van der Waals surface area contributed by atoms with Gasteiger partial charge in [-0.15, -0.1) is 11.8 Å². The van der Waals surface area contributed by atoms with Gasteiger partial charge in [-0.2, -0.15) is 0 Å². The third kappa shape index (κ3) is 3.74. The van der Waals surface area contributed by atoms with Crippen LogP contribution in [-0.2, 0) is 9.59 Å². The molecule has 3 amide bonds. The van der Waals surface area contributed by atoms with Crippen LogP contribution in [0.2, 0.25) is 0 Å². The molecule has 1 atom stereocenters. The highest BCUT2D eigenvalue weighted by Gasteiger charge is 2.42. The minimum Gasteiger partial charge on any atom is -0.327 e. The maximum Gasteiger partial charge on any atom is 0.256 e. The largest absolute Gasteiger partial charge is 0.327 e. The van der Waals surface area contributed by atoms with Crippen LogP contribution in [0.15, 0.2) is 47.4 Å². The number of thioether (sulfide) groups is 1. The molecule has 0 radical (unpaired) electrons. The Hall–Kier alpha value is -2.80. The van der Waals surface area contributed by atoms with Crippen LogP contribution in [0.1, 0.15) is 28.8 Å². The quantitative estimate of drug-likeness (QED) is 0.787. The molecule has 0 aromatic heterocycles. The van der Waals surface area contributed by atoms with Crippen molar-refractivity contribution in [3.63, 3.8) is 0 Å². The predicted molar refractivity (Wildman–Crippen MR) is 114 cm³/mol. The molecule has 4 rings (SSSR count). The first-order chi connectivity index (χ1) is 14.0. The average Bonchev–Trinajstić information content (AvgIpc) is 3.19. The van der Waals surface area contributed by atoms with Crippen LogP contribution in [0.25, 0.3) is 0 Å². The standard InChI is InChI=1S/C22H23N3O3S/c1-14-5-10-18-17(12-14)21(27)24-11-3-4-19(24)22(28)25(18)13-20(26)23-15-6-8-16(29-2)9-7-15/h5-10,12,19H,3-4,11,13H2,1-2H3,(H,23,26)/t19-/m0/s1. The van der Waals surface area contributed by atoms with Crippen molar-refractivity contribution in [2.45, 2.75) is 30.7 Å². The second-order valence-electron chi connectivity index (χ2n) is 7.38. The van der Waals surface area contributed by atoms with E-state index in [4.69, 9.17) is 0 Å². The van der Waals surface area contributed by atoms with Crippen molar-refractivity contribution in [3.8, 4) is 0 Å². The summed E-state index contributed by atoms with van der Waals surface area (Å²) in [5.41, 5.74) is 2.62. The second kappa shape index (κ2) is 7.91. The Kier molecular flexibility index (Phi) is 5.32. The summed E-state index contributed by atoms with van der Waals surface area (Å²) in [5, 5.41) is 2.85. The number of hydrogen-bond acceptors (Lipinski definition) is 4. The molecule has 7 heteroatoms. The van der Waals surface area contributed by atoms with Crippen LogP contribution in [0.3, 0.4) is 0 Å². The molecule has 1 fully saturated rings. The molecular formula is C22H23N3O3S. The van der Waals surface area contributed by atoms with Gasteiger partial charge in [-0.1, -0.05) is 11.6 Å². The molecule has 2 aliphatic heterocycles. The summed E-state index contributed by atoms with van der Waals surface area (Å²) in [6, 6.07) is 12.5. The first-order valence-corrected chi connectivity index (χ1v) is 10.9. The van der Waals surface area contributed by atoms with E-state index in [1.165, 1.54) is 4.90 Å². The molecular weight excluding hydrogens is 386 g/mol. The molecule has 0 bridgehead atoms. The fourth-order valence-corrected chi connectivity index (χ4v) is 4.37. The molecule has 1 saturated heterocycles. The van der Waals surface area contributed by atoms with Crippen LogP contribution in [0, 0.1) is 6.92 Å². The SMILES string of the molecule is CSc1ccc(NC(=O)CN2C(=O)[C@@H]3CCCN3C(=O)c3cc(C)ccc32)cc1. The molecule has 0 spiro atoms. The Balaban J connectivity index is 1.62. The molecule has 1 N–H and O–H groups in total. The lowest BCUT2D eigenvalue weighted by Crippen LogP contribution is -2.47. The maximum absolute atomic E-state index is 13.2. The zero-order valence-corrected chi connectivity index (χ0v) is 17.3. The smallest absolute Gasteiger partial charge is 0.256 e.